The van der Waals surface area contributed by atoms with E-state index >= 15 is 0 Å². The number of aryl methyl sites for hydroxylation is 1. The van der Waals surface area contributed by atoms with Gasteiger partial charge in [0.25, 0.3) is 0 Å². The lowest BCUT2D eigenvalue weighted by Gasteiger charge is -2.37. The van der Waals surface area contributed by atoms with Gasteiger partial charge in [-0.25, -0.2) is 0 Å². The predicted octanol–water partition coefficient (Wildman–Crippen LogP) is 2.37. The van der Waals surface area contributed by atoms with Crippen LogP contribution < -0.4 is 14.8 Å². The Kier molecular flexibility index (Phi) is 4.75. The van der Waals surface area contributed by atoms with Crippen LogP contribution in [0, 0.1) is 5.92 Å². The third-order valence-electron chi connectivity index (χ3n) is 5.02. The monoisotopic (exact) mass is 354 g/mol. The highest BCUT2D eigenvalue weighted by molar-refractivity contribution is 5.76. The minimum atomic E-state index is -0.267. The Morgan fingerprint density at radius 1 is 1.23 bits per heavy atom. The zero-order chi connectivity index (χ0) is 17.9. The number of aliphatic hydroxyl groups is 1. The molecule has 1 aromatic carbocycles. The number of amides is 1. The first-order chi connectivity index (χ1) is 12.7. The van der Waals surface area contributed by atoms with Gasteiger partial charge in [0, 0.05) is 12.6 Å². The number of nitrogens with zero attached hydrogens (tertiary/aromatic N) is 1. The summed E-state index contributed by atoms with van der Waals surface area (Å²) in [6.07, 6.45) is 3.88. The number of hydrogen-bond acceptors (Lipinski definition) is 5. The highest BCUT2D eigenvalue weighted by atomic mass is 16.7. The minimum absolute atomic E-state index is 0.0142. The smallest absolute Gasteiger partial charge is 0.231 e. The Labute approximate surface area is 152 Å². The molecule has 1 aliphatic carbocycles. The van der Waals surface area contributed by atoms with Crippen LogP contribution in [0.3, 0.4) is 0 Å². The number of nitrogens with one attached hydrogen (secondary N) is 1. The second-order valence-corrected chi connectivity index (χ2v) is 6.87. The SMILES string of the molecule is O=C(CCc1ccc2c(c1)OCO2)NC(c1ccccn1)C1CC(O)C1. The zero-order valence-electron chi connectivity index (χ0n) is 14.4. The lowest BCUT2D eigenvalue weighted by molar-refractivity contribution is -0.123. The fourth-order valence-electron chi connectivity index (χ4n) is 3.50. The molecule has 6 nitrogen and oxygen atoms in total. The van der Waals surface area contributed by atoms with Crippen LogP contribution in [0.25, 0.3) is 0 Å². The number of carbonyl (C=O) groups excluding carboxylic acids is 1. The Balaban J connectivity index is 1.37. The van der Waals surface area contributed by atoms with Crippen molar-refractivity contribution in [1.82, 2.24) is 10.3 Å². The van der Waals surface area contributed by atoms with E-state index in [0.717, 1.165) is 22.8 Å². The van der Waals surface area contributed by atoms with Gasteiger partial charge in [0.2, 0.25) is 12.7 Å². The van der Waals surface area contributed by atoms with E-state index in [9.17, 15) is 9.90 Å². The third kappa shape index (κ3) is 3.65. The van der Waals surface area contributed by atoms with E-state index < -0.39 is 0 Å². The summed E-state index contributed by atoms with van der Waals surface area (Å²) in [5.41, 5.74) is 1.89. The number of rotatable bonds is 6. The molecule has 26 heavy (non-hydrogen) atoms. The number of ether oxygens (including phenoxy) is 2. The van der Waals surface area contributed by atoms with Gasteiger partial charge in [-0.15, -0.1) is 0 Å². The average Bonchev–Trinajstić information content (AvgIpc) is 3.10. The minimum Gasteiger partial charge on any atom is -0.454 e. The third-order valence-corrected chi connectivity index (χ3v) is 5.02. The molecule has 0 bridgehead atoms. The highest BCUT2D eigenvalue weighted by Gasteiger charge is 2.36. The van der Waals surface area contributed by atoms with E-state index in [4.69, 9.17) is 9.47 Å². The molecule has 2 heterocycles. The number of hydrogen-bond donors (Lipinski definition) is 2. The molecule has 1 aromatic heterocycles. The molecular weight excluding hydrogens is 332 g/mol. The number of carbonyl (C=O) groups is 1. The van der Waals surface area contributed by atoms with E-state index in [1.165, 1.54) is 0 Å². The molecule has 1 unspecified atom stereocenters. The molecule has 6 heteroatoms. The van der Waals surface area contributed by atoms with Crippen molar-refractivity contribution in [2.75, 3.05) is 6.79 Å². The summed E-state index contributed by atoms with van der Waals surface area (Å²) >= 11 is 0. The van der Waals surface area contributed by atoms with Crippen molar-refractivity contribution in [3.63, 3.8) is 0 Å². The van der Waals surface area contributed by atoms with Gasteiger partial charge in [-0.1, -0.05) is 12.1 Å². The molecule has 2 aliphatic rings. The van der Waals surface area contributed by atoms with Crippen molar-refractivity contribution < 1.29 is 19.4 Å². The molecule has 136 valence electrons. The molecule has 2 N–H and O–H groups in total. The lowest BCUT2D eigenvalue weighted by Crippen LogP contribution is -2.41. The first-order valence-corrected chi connectivity index (χ1v) is 8.96. The Hall–Kier alpha value is -2.60. The quantitative estimate of drug-likeness (QED) is 0.832. The number of benzene rings is 1. The second-order valence-electron chi connectivity index (χ2n) is 6.87. The zero-order valence-corrected chi connectivity index (χ0v) is 14.4. The highest BCUT2D eigenvalue weighted by Crippen LogP contribution is 2.37. The molecular formula is C20H22N2O4. The van der Waals surface area contributed by atoms with Gasteiger partial charge in [0.1, 0.15) is 0 Å². The average molecular weight is 354 g/mol. The van der Waals surface area contributed by atoms with E-state index in [-0.39, 0.29) is 30.8 Å². The van der Waals surface area contributed by atoms with Crippen LogP contribution in [0.15, 0.2) is 42.6 Å². The topological polar surface area (TPSA) is 80.7 Å². The van der Waals surface area contributed by atoms with E-state index in [0.29, 0.717) is 25.7 Å². The van der Waals surface area contributed by atoms with Crippen LogP contribution in [-0.2, 0) is 11.2 Å². The van der Waals surface area contributed by atoms with Crippen molar-refractivity contribution in [2.24, 2.45) is 5.92 Å². The van der Waals surface area contributed by atoms with Crippen LogP contribution >= 0.6 is 0 Å². The predicted molar refractivity (Wildman–Crippen MR) is 94.7 cm³/mol. The molecule has 1 amide bonds. The molecule has 1 saturated carbocycles. The first-order valence-electron chi connectivity index (χ1n) is 8.96. The molecule has 1 atom stereocenters. The molecule has 1 aliphatic heterocycles. The van der Waals surface area contributed by atoms with Crippen molar-refractivity contribution in [3.05, 3.63) is 53.9 Å². The van der Waals surface area contributed by atoms with Crippen LogP contribution in [0.1, 0.15) is 36.6 Å². The summed E-state index contributed by atoms with van der Waals surface area (Å²) in [5.74, 6) is 1.70. The number of fused-ring (bicyclic) bond motifs is 1. The maximum Gasteiger partial charge on any atom is 0.231 e. The maximum atomic E-state index is 12.5. The van der Waals surface area contributed by atoms with Crippen molar-refractivity contribution >= 4 is 5.91 Å². The van der Waals surface area contributed by atoms with E-state index in [1.54, 1.807) is 6.20 Å². The molecule has 0 radical (unpaired) electrons. The fourth-order valence-corrected chi connectivity index (χ4v) is 3.50. The van der Waals surface area contributed by atoms with Gasteiger partial charge in [-0.2, -0.15) is 0 Å². The fraction of sp³-hybridized carbons (Fsp3) is 0.400. The van der Waals surface area contributed by atoms with Gasteiger partial charge in [0.05, 0.1) is 17.8 Å². The van der Waals surface area contributed by atoms with Crippen LogP contribution in [0.4, 0.5) is 0 Å². The standard InChI is InChI=1S/C20H22N2O4/c23-15-10-14(11-15)20(16-3-1-2-8-21-16)22-19(24)7-5-13-4-6-17-18(9-13)26-12-25-17/h1-4,6,8-9,14-15,20,23H,5,7,10-12H2,(H,22,24). The van der Waals surface area contributed by atoms with E-state index in [1.807, 2.05) is 36.4 Å². The Morgan fingerprint density at radius 2 is 2.08 bits per heavy atom. The summed E-state index contributed by atoms with van der Waals surface area (Å²) in [5, 5.41) is 12.7. The summed E-state index contributed by atoms with van der Waals surface area (Å²) in [6, 6.07) is 11.3. The molecule has 1 fully saturated rings. The van der Waals surface area contributed by atoms with Crippen LogP contribution in [0.2, 0.25) is 0 Å². The van der Waals surface area contributed by atoms with Gasteiger partial charge in [-0.05, 0) is 55.0 Å². The largest absolute Gasteiger partial charge is 0.454 e. The van der Waals surface area contributed by atoms with Gasteiger partial charge in [-0.3, -0.25) is 9.78 Å². The Bertz CT molecular complexity index is 775. The number of pyridine rings is 1. The van der Waals surface area contributed by atoms with Crippen molar-refractivity contribution in [1.29, 1.82) is 0 Å². The van der Waals surface area contributed by atoms with Gasteiger partial charge >= 0.3 is 0 Å². The maximum absolute atomic E-state index is 12.5. The first kappa shape index (κ1) is 16.8. The van der Waals surface area contributed by atoms with Crippen molar-refractivity contribution in [3.8, 4) is 11.5 Å². The lowest BCUT2D eigenvalue weighted by atomic mass is 9.76. The van der Waals surface area contributed by atoms with E-state index in [2.05, 4.69) is 10.3 Å². The normalized spacial score (nSPS) is 21.7. The molecule has 2 aromatic rings. The van der Waals surface area contributed by atoms with Crippen molar-refractivity contribution in [2.45, 2.75) is 37.8 Å². The number of aromatic nitrogens is 1. The second kappa shape index (κ2) is 7.33. The molecule has 4 rings (SSSR count). The molecule has 0 saturated heterocycles. The van der Waals surface area contributed by atoms with Crippen LogP contribution in [0.5, 0.6) is 11.5 Å². The Morgan fingerprint density at radius 3 is 2.85 bits per heavy atom. The summed E-state index contributed by atoms with van der Waals surface area (Å²) < 4.78 is 10.7. The summed E-state index contributed by atoms with van der Waals surface area (Å²) in [4.78, 5) is 16.9. The summed E-state index contributed by atoms with van der Waals surface area (Å²) in [6.45, 7) is 0.248. The van der Waals surface area contributed by atoms with Gasteiger partial charge in [0.15, 0.2) is 11.5 Å². The molecule has 0 spiro atoms. The number of aliphatic hydroxyl groups excluding tert-OH is 1. The summed E-state index contributed by atoms with van der Waals surface area (Å²) in [7, 11) is 0. The van der Waals surface area contributed by atoms with Crippen LogP contribution in [-0.4, -0.2) is 28.9 Å². The van der Waals surface area contributed by atoms with Gasteiger partial charge < -0.3 is 19.9 Å².